The SMILES string of the molecule is NC1CCCC(C(=O)Nc2cc(C(F)(F)F)cc3nc4ccccc4nc23)C1. The van der Waals surface area contributed by atoms with Gasteiger partial charge >= 0.3 is 6.18 Å². The first kappa shape index (κ1) is 18.6. The Morgan fingerprint density at radius 2 is 1.79 bits per heavy atom. The average Bonchev–Trinajstić information content (AvgIpc) is 2.65. The third-order valence-corrected chi connectivity index (χ3v) is 5.12. The Bertz CT molecular complexity index is 1050. The molecule has 1 aliphatic rings. The van der Waals surface area contributed by atoms with E-state index in [1.807, 2.05) is 0 Å². The summed E-state index contributed by atoms with van der Waals surface area (Å²) in [5, 5.41) is 2.66. The summed E-state index contributed by atoms with van der Waals surface area (Å²) in [6.45, 7) is 0. The van der Waals surface area contributed by atoms with Gasteiger partial charge in [-0.2, -0.15) is 13.2 Å². The quantitative estimate of drug-likeness (QED) is 0.643. The second-order valence-electron chi connectivity index (χ2n) is 7.21. The van der Waals surface area contributed by atoms with Gasteiger partial charge in [0.25, 0.3) is 0 Å². The lowest BCUT2D eigenvalue weighted by Crippen LogP contribution is -2.34. The number of amides is 1. The monoisotopic (exact) mass is 388 g/mol. The molecule has 2 unspecified atom stereocenters. The van der Waals surface area contributed by atoms with Crippen LogP contribution in [0.25, 0.3) is 22.1 Å². The Morgan fingerprint density at radius 1 is 1.07 bits per heavy atom. The van der Waals surface area contributed by atoms with Gasteiger partial charge in [0, 0.05) is 12.0 Å². The van der Waals surface area contributed by atoms with Crippen LogP contribution in [-0.4, -0.2) is 21.9 Å². The van der Waals surface area contributed by atoms with E-state index in [1.165, 1.54) is 0 Å². The number of nitrogens with two attached hydrogens (primary N) is 1. The Labute approximate surface area is 159 Å². The molecule has 28 heavy (non-hydrogen) atoms. The number of fused-ring (bicyclic) bond motifs is 2. The van der Waals surface area contributed by atoms with Gasteiger partial charge in [0.05, 0.1) is 27.8 Å². The minimum Gasteiger partial charge on any atom is -0.328 e. The van der Waals surface area contributed by atoms with Crippen molar-refractivity contribution in [2.75, 3.05) is 5.32 Å². The van der Waals surface area contributed by atoms with Gasteiger partial charge in [-0.25, -0.2) is 9.97 Å². The van der Waals surface area contributed by atoms with E-state index >= 15 is 0 Å². The number of rotatable bonds is 2. The fraction of sp³-hybridized carbons (Fsp3) is 0.350. The third-order valence-electron chi connectivity index (χ3n) is 5.12. The van der Waals surface area contributed by atoms with E-state index in [0.717, 1.165) is 25.0 Å². The second kappa shape index (κ2) is 7.01. The van der Waals surface area contributed by atoms with Gasteiger partial charge in [-0.1, -0.05) is 18.6 Å². The van der Waals surface area contributed by atoms with Crippen LogP contribution in [0.3, 0.4) is 0 Å². The van der Waals surface area contributed by atoms with Crippen molar-refractivity contribution in [2.45, 2.75) is 37.9 Å². The van der Waals surface area contributed by atoms with E-state index < -0.39 is 11.7 Å². The fourth-order valence-corrected chi connectivity index (χ4v) is 3.68. The number of nitrogens with one attached hydrogen (secondary N) is 1. The van der Waals surface area contributed by atoms with Crippen molar-refractivity contribution in [3.05, 3.63) is 42.0 Å². The molecular weight excluding hydrogens is 369 g/mol. The lowest BCUT2D eigenvalue weighted by molar-refractivity contribution is -0.137. The molecule has 3 aromatic rings. The second-order valence-corrected chi connectivity index (χ2v) is 7.21. The molecule has 0 radical (unpaired) electrons. The maximum Gasteiger partial charge on any atom is 0.416 e. The average molecular weight is 388 g/mol. The van der Waals surface area contributed by atoms with Gasteiger partial charge in [-0.15, -0.1) is 0 Å². The fourth-order valence-electron chi connectivity index (χ4n) is 3.68. The van der Waals surface area contributed by atoms with E-state index in [4.69, 9.17) is 5.73 Å². The van der Waals surface area contributed by atoms with Crippen molar-refractivity contribution < 1.29 is 18.0 Å². The van der Waals surface area contributed by atoms with Gasteiger partial charge in [0.2, 0.25) is 5.91 Å². The largest absolute Gasteiger partial charge is 0.416 e. The summed E-state index contributed by atoms with van der Waals surface area (Å²) in [4.78, 5) is 21.4. The van der Waals surface area contributed by atoms with Crippen LogP contribution >= 0.6 is 0 Å². The molecule has 8 heteroatoms. The molecule has 0 spiro atoms. The first-order valence-corrected chi connectivity index (χ1v) is 9.15. The Kier molecular flexibility index (Phi) is 4.66. The molecule has 0 bridgehead atoms. The van der Waals surface area contributed by atoms with Crippen LogP contribution in [-0.2, 0) is 11.0 Å². The van der Waals surface area contributed by atoms with Crippen molar-refractivity contribution in [1.29, 1.82) is 0 Å². The summed E-state index contributed by atoms with van der Waals surface area (Å²) in [5.41, 5.74) is 6.45. The molecule has 1 heterocycles. The van der Waals surface area contributed by atoms with Crippen LogP contribution in [0.5, 0.6) is 0 Å². The molecule has 1 fully saturated rings. The highest BCUT2D eigenvalue weighted by atomic mass is 19.4. The number of anilines is 1. The Morgan fingerprint density at radius 3 is 2.46 bits per heavy atom. The Hall–Kier alpha value is -2.74. The van der Waals surface area contributed by atoms with Gasteiger partial charge in [0.15, 0.2) is 0 Å². The standard InChI is InChI=1S/C20H19F3N4O/c21-20(22,23)12-9-16-18(26-15-7-2-1-6-14(15)25-16)17(10-12)27-19(28)11-4-3-5-13(24)8-11/h1-2,6-7,9-11,13H,3-5,8,24H2,(H,27,28). The topological polar surface area (TPSA) is 80.9 Å². The van der Waals surface area contributed by atoms with Gasteiger partial charge in [0.1, 0.15) is 5.52 Å². The number of carbonyl (C=O) groups excluding carboxylic acids is 1. The van der Waals surface area contributed by atoms with Crippen LogP contribution in [0.1, 0.15) is 31.2 Å². The molecule has 2 atom stereocenters. The number of para-hydroxylation sites is 2. The van der Waals surface area contributed by atoms with Gasteiger partial charge < -0.3 is 11.1 Å². The third kappa shape index (κ3) is 3.64. The number of aromatic nitrogens is 2. The molecular formula is C20H19F3N4O. The lowest BCUT2D eigenvalue weighted by atomic mass is 9.85. The molecule has 146 valence electrons. The Balaban J connectivity index is 1.80. The van der Waals surface area contributed by atoms with Crippen LogP contribution in [0, 0.1) is 5.92 Å². The number of carbonyl (C=O) groups is 1. The summed E-state index contributed by atoms with van der Waals surface area (Å²) in [6.07, 6.45) is -1.68. The van der Waals surface area contributed by atoms with Gasteiger partial charge in [-0.3, -0.25) is 4.79 Å². The summed E-state index contributed by atoms with van der Waals surface area (Å²) in [5.74, 6) is -0.646. The van der Waals surface area contributed by atoms with E-state index in [0.29, 0.717) is 23.9 Å². The van der Waals surface area contributed by atoms with Crippen molar-refractivity contribution in [3.8, 4) is 0 Å². The van der Waals surface area contributed by atoms with E-state index in [2.05, 4.69) is 15.3 Å². The lowest BCUT2D eigenvalue weighted by Gasteiger charge is -2.26. The number of hydrogen-bond acceptors (Lipinski definition) is 4. The minimum absolute atomic E-state index is 0.0206. The normalized spacial score (nSPS) is 20.4. The predicted octanol–water partition coefficient (Wildman–Crippen LogP) is 4.26. The molecule has 1 saturated carbocycles. The maximum atomic E-state index is 13.4. The molecule has 4 rings (SSSR count). The molecule has 5 nitrogen and oxygen atoms in total. The zero-order valence-electron chi connectivity index (χ0n) is 15.0. The highest BCUT2D eigenvalue weighted by Gasteiger charge is 2.33. The molecule has 0 saturated heterocycles. The number of alkyl halides is 3. The zero-order chi connectivity index (χ0) is 19.9. The number of benzene rings is 2. The first-order valence-electron chi connectivity index (χ1n) is 9.15. The minimum atomic E-state index is -4.56. The van der Waals surface area contributed by atoms with Gasteiger partial charge in [-0.05, 0) is 43.5 Å². The van der Waals surface area contributed by atoms with Crippen molar-refractivity contribution in [3.63, 3.8) is 0 Å². The summed E-state index contributed by atoms with van der Waals surface area (Å²) in [7, 11) is 0. The number of hydrogen-bond donors (Lipinski definition) is 2. The smallest absolute Gasteiger partial charge is 0.328 e. The predicted molar refractivity (Wildman–Crippen MR) is 101 cm³/mol. The summed E-state index contributed by atoms with van der Waals surface area (Å²) in [6, 6.07) is 8.74. The number of halogens is 3. The zero-order valence-corrected chi connectivity index (χ0v) is 15.0. The van der Waals surface area contributed by atoms with Crippen LogP contribution in [0.15, 0.2) is 36.4 Å². The van der Waals surface area contributed by atoms with Crippen LogP contribution in [0.4, 0.5) is 18.9 Å². The molecule has 2 aromatic carbocycles. The summed E-state index contributed by atoms with van der Waals surface area (Å²) < 4.78 is 40.1. The molecule has 1 aliphatic carbocycles. The molecule has 0 aliphatic heterocycles. The first-order chi connectivity index (χ1) is 13.3. The molecule has 1 aromatic heterocycles. The van der Waals surface area contributed by atoms with E-state index in [9.17, 15) is 18.0 Å². The van der Waals surface area contributed by atoms with E-state index in [-0.39, 0.29) is 34.6 Å². The van der Waals surface area contributed by atoms with Crippen molar-refractivity contribution in [2.24, 2.45) is 11.7 Å². The van der Waals surface area contributed by atoms with Crippen molar-refractivity contribution >= 4 is 33.7 Å². The highest BCUT2D eigenvalue weighted by Crippen LogP contribution is 2.35. The summed E-state index contributed by atoms with van der Waals surface area (Å²) >= 11 is 0. The molecule has 3 N–H and O–H groups in total. The van der Waals surface area contributed by atoms with Crippen molar-refractivity contribution in [1.82, 2.24) is 9.97 Å². The van der Waals surface area contributed by atoms with Crippen LogP contribution in [0.2, 0.25) is 0 Å². The van der Waals surface area contributed by atoms with Crippen LogP contribution < -0.4 is 11.1 Å². The number of nitrogens with zero attached hydrogens (tertiary/aromatic N) is 2. The highest BCUT2D eigenvalue weighted by molar-refractivity contribution is 6.02. The molecule has 1 amide bonds. The van der Waals surface area contributed by atoms with E-state index in [1.54, 1.807) is 24.3 Å². The maximum absolute atomic E-state index is 13.4.